The molecule has 0 saturated carbocycles. The van der Waals surface area contributed by atoms with E-state index < -0.39 is 0 Å². The zero-order valence-electron chi connectivity index (χ0n) is 15.6. The van der Waals surface area contributed by atoms with Gasteiger partial charge in [0.15, 0.2) is 0 Å². The van der Waals surface area contributed by atoms with Crippen molar-refractivity contribution in [3.63, 3.8) is 0 Å². The molecule has 2 aromatic carbocycles. The van der Waals surface area contributed by atoms with Gasteiger partial charge in [-0.05, 0) is 55.6 Å². The highest BCUT2D eigenvalue weighted by Gasteiger charge is 2.14. The molecule has 1 N–H and O–H groups in total. The normalized spacial score (nSPS) is 17.3. The quantitative estimate of drug-likeness (QED) is 0.541. The van der Waals surface area contributed by atoms with Crippen LogP contribution in [0.15, 0.2) is 54.6 Å². The summed E-state index contributed by atoms with van der Waals surface area (Å²) in [6, 6.07) is 15.5. The summed E-state index contributed by atoms with van der Waals surface area (Å²) in [5.74, 6) is 0.531. The largest absolute Gasteiger partial charge is 0.315 e. The summed E-state index contributed by atoms with van der Waals surface area (Å²) in [4.78, 5) is 2.61. The van der Waals surface area contributed by atoms with Crippen LogP contribution in [0.4, 0.5) is 0 Å². The molecule has 0 amide bonds. The van der Waals surface area contributed by atoms with E-state index in [4.69, 9.17) is 0 Å². The molecular weight excluding hydrogens is 304 g/mol. The van der Waals surface area contributed by atoms with Crippen molar-refractivity contribution in [2.45, 2.75) is 38.5 Å². The molecule has 2 nitrogen and oxygen atoms in total. The number of fused-ring (bicyclic) bond motifs is 1. The molecule has 0 bridgehead atoms. The van der Waals surface area contributed by atoms with Gasteiger partial charge in [-0.1, -0.05) is 61.0 Å². The lowest BCUT2D eigenvalue weighted by Gasteiger charge is -2.27. The molecule has 1 aliphatic heterocycles. The van der Waals surface area contributed by atoms with Gasteiger partial charge in [0, 0.05) is 25.6 Å². The molecule has 1 unspecified atom stereocenters. The molecule has 0 aromatic heterocycles. The monoisotopic (exact) mass is 336 g/mol. The van der Waals surface area contributed by atoms with Gasteiger partial charge in [-0.2, -0.15) is 0 Å². The van der Waals surface area contributed by atoms with Crippen molar-refractivity contribution in [1.82, 2.24) is 10.2 Å². The molecule has 2 aromatic rings. The van der Waals surface area contributed by atoms with Crippen LogP contribution in [0, 0.1) is 0 Å². The number of nitrogens with one attached hydrogen (secondary N) is 1. The summed E-state index contributed by atoms with van der Waals surface area (Å²) in [5, 5.41) is 6.48. The van der Waals surface area contributed by atoms with E-state index in [0.717, 1.165) is 19.5 Å². The Morgan fingerprint density at radius 2 is 1.84 bits per heavy atom. The van der Waals surface area contributed by atoms with Crippen molar-refractivity contribution >= 4 is 10.8 Å². The van der Waals surface area contributed by atoms with Crippen molar-refractivity contribution in [2.75, 3.05) is 32.7 Å². The average Bonchev–Trinajstić information content (AvgIpc) is 2.68. The third-order valence-electron chi connectivity index (χ3n) is 5.36. The standard InChI is InChI=1S/C23H32N2/c1-2-3-10-21(19-24-15-18-25-16-7-4-8-17-25)23-14-9-12-20-11-5-6-13-22(20)23/h2-3,5-6,9,11-14,21,24H,4,7-8,10,15-19H2,1H3/b3-2+. The number of allylic oxidation sites excluding steroid dienone is 2. The predicted octanol–water partition coefficient (Wildman–Crippen LogP) is 4.97. The number of piperidine rings is 1. The van der Waals surface area contributed by atoms with E-state index in [0.29, 0.717) is 5.92 Å². The lowest BCUT2D eigenvalue weighted by Crippen LogP contribution is -2.36. The van der Waals surface area contributed by atoms with Crippen LogP contribution in [-0.4, -0.2) is 37.6 Å². The van der Waals surface area contributed by atoms with Gasteiger partial charge in [0.05, 0.1) is 0 Å². The van der Waals surface area contributed by atoms with E-state index in [1.54, 1.807) is 0 Å². The van der Waals surface area contributed by atoms with Crippen molar-refractivity contribution in [3.8, 4) is 0 Å². The van der Waals surface area contributed by atoms with Crippen LogP contribution in [0.25, 0.3) is 10.8 Å². The Morgan fingerprint density at radius 1 is 1.04 bits per heavy atom. The van der Waals surface area contributed by atoms with Crippen LogP contribution in [-0.2, 0) is 0 Å². The van der Waals surface area contributed by atoms with Gasteiger partial charge in [0.25, 0.3) is 0 Å². The molecule has 1 fully saturated rings. The first kappa shape index (κ1) is 18.2. The van der Waals surface area contributed by atoms with Crippen molar-refractivity contribution in [1.29, 1.82) is 0 Å². The summed E-state index contributed by atoms with van der Waals surface area (Å²) in [6.07, 6.45) is 9.74. The summed E-state index contributed by atoms with van der Waals surface area (Å²) in [7, 11) is 0. The Morgan fingerprint density at radius 3 is 2.68 bits per heavy atom. The predicted molar refractivity (Wildman–Crippen MR) is 109 cm³/mol. The minimum absolute atomic E-state index is 0.531. The number of nitrogens with zero attached hydrogens (tertiary/aromatic N) is 1. The number of likely N-dealkylation sites (tertiary alicyclic amines) is 1. The Balaban J connectivity index is 1.62. The Hall–Kier alpha value is -1.64. The maximum Gasteiger partial charge on any atom is 0.0107 e. The molecule has 134 valence electrons. The first-order valence-electron chi connectivity index (χ1n) is 9.90. The molecule has 0 aliphatic carbocycles. The second-order valence-corrected chi connectivity index (χ2v) is 7.18. The second kappa shape index (κ2) is 9.74. The van der Waals surface area contributed by atoms with Gasteiger partial charge in [-0.25, -0.2) is 0 Å². The van der Waals surface area contributed by atoms with Crippen LogP contribution >= 0.6 is 0 Å². The molecule has 1 saturated heterocycles. The van der Waals surface area contributed by atoms with E-state index in [1.807, 2.05) is 0 Å². The van der Waals surface area contributed by atoms with E-state index in [2.05, 4.69) is 71.8 Å². The average molecular weight is 337 g/mol. The van der Waals surface area contributed by atoms with Crippen LogP contribution in [0.5, 0.6) is 0 Å². The van der Waals surface area contributed by atoms with E-state index in [-0.39, 0.29) is 0 Å². The smallest absolute Gasteiger partial charge is 0.0107 e. The fourth-order valence-corrected chi connectivity index (χ4v) is 3.92. The molecule has 1 aliphatic rings. The molecule has 2 heteroatoms. The number of benzene rings is 2. The molecule has 0 radical (unpaired) electrons. The van der Waals surface area contributed by atoms with Crippen molar-refractivity contribution in [3.05, 3.63) is 60.2 Å². The van der Waals surface area contributed by atoms with Gasteiger partial charge < -0.3 is 10.2 Å². The van der Waals surface area contributed by atoms with Gasteiger partial charge in [-0.15, -0.1) is 0 Å². The molecule has 1 heterocycles. The highest BCUT2D eigenvalue weighted by Crippen LogP contribution is 2.28. The molecule has 0 spiro atoms. The fourth-order valence-electron chi connectivity index (χ4n) is 3.92. The minimum atomic E-state index is 0.531. The summed E-state index contributed by atoms with van der Waals surface area (Å²) in [6.45, 7) is 8.01. The Kier molecular flexibility index (Phi) is 7.08. The van der Waals surface area contributed by atoms with E-state index >= 15 is 0 Å². The van der Waals surface area contributed by atoms with Crippen LogP contribution in [0.3, 0.4) is 0 Å². The van der Waals surface area contributed by atoms with Gasteiger partial charge in [-0.3, -0.25) is 0 Å². The third kappa shape index (κ3) is 5.17. The zero-order valence-corrected chi connectivity index (χ0v) is 15.6. The third-order valence-corrected chi connectivity index (χ3v) is 5.36. The summed E-state index contributed by atoms with van der Waals surface area (Å²) < 4.78 is 0. The second-order valence-electron chi connectivity index (χ2n) is 7.18. The highest BCUT2D eigenvalue weighted by atomic mass is 15.1. The zero-order chi connectivity index (χ0) is 17.3. The molecular formula is C23H32N2. The Bertz CT molecular complexity index is 665. The summed E-state index contributed by atoms with van der Waals surface area (Å²) in [5.41, 5.74) is 1.47. The van der Waals surface area contributed by atoms with Crippen molar-refractivity contribution in [2.24, 2.45) is 0 Å². The molecule has 25 heavy (non-hydrogen) atoms. The lowest BCUT2D eigenvalue weighted by atomic mass is 9.90. The first-order chi connectivity index (χ1) is 12.4. The van der Waals surface area contributed by atoms with E-state index in [1.165, 1.54) is 55.2 Å². The minimum Gasteiger partial charge on any atom is -0.315 e. The maximum absolute atomic E-state index is 3.73. The number of hydrogen-bond acceptors (Lipinski definition) is 2. The summed E-state index contributed by atoms with van der Waals surface area (Å²) >= 11 is 0. The topological polar surface area (TPSA) is 15.3 Å². The van der Waals surface area contributed by atoms with Crippen LogP contribution in [0.1, 0.15) is 44.1 Å². The molecule has 3 rings (SSSR count). The lowest BCUT2D eigenvalue weighted by molar-refractivity contribution is 0.228. The number of hydrogen-bond donors (Lipinski definition) is 1. The number of rotatable bonds is 8. The SMILES string of the molecule is C/C=C/CC(CNCCN1CCCCC1)c1cccc2ccccc12. The maximum atomic E-state index is 3.73. The Labute approximate surface area is 152 Å². The highest BCUT2D eigenvalue weighted by molar-refractivity contribution is 5.86. The van der Waals surface area contributed by atoms with Crippen LogP contribution in [0.2, 0.25) is 0 Å². The van der Waals surface area contributed by atoms with Crippen molar-refractivity contribution < 1.29 is 0 Å². The van der Waals surface area contributed by atoms with Gasteiger partial charge >= 0.3 is 0 Å². The van der Waals surface area contributed by atoms with Crippen LogP contribution < -0.4 is 5.32 Å². The van der Waals surface area contributed by atoms with Gasteiger partial charge in [0.2, 0.25) is 0 Å². The first-order valence-corrected chi connectivity index (χ1v) is 9.90. The van der Waals surface area contributed by atoms with E-state index in [9.17, 15) is 0 Å². The molecule has 1 atom stereocenters. The van der Waals surface area contributed by atoms with Gasteiger partial charge in [0.1, 0.15) is 0 Å². The fraction of sp³-hybridized carbons (Fsp3) is 0.478.